The molecule has 1 rings (SSSR count). The summed E-state index contributed by atoms with van der Waals surface area (Å²) in [6, 6.07) is 6.15. The minimum Gasteiger partial charge on any atom is -0.478 e. The molecular formula is C10H10O4S. The zero-order valence-corrected chi connectivity index (χ0v) is 8.91. The number of ether oxygens (including phenoxy) is 1. The van der Waals surface area contributed by atoms with Gasteiger partial charge in [-0.15, -0.1) is 0 Å². The fraction of sp³-hybridized carbons (Fsp3) is 0.200. The Labute approximate surface area is 91.2 Å². The van der Waals surface area contributed by atoms with Crippen molar-refractivity contribution in [1.29, 1.82) is 0 Å². The molecular weight excluding hydrogens is 216 g/mol. The van der Waals surface area contributed by atoms with Gasteiger partial charge < -0.3 is 9.84 Å². The topological polar surface area (TPSA) is 63.6 Å². The summed E-state index contributed by atoms with van der Waals surface area (Å²) in [7, 11) is 0. The lowest BCUT2D eigenvalue weighted by Gasteiger charge is -2.01. The quantitative estimate of drug-likeness (QED) is 0.634. The zero-order valence-electron chi connectivity index (χ0n) is 8.10. The molecule has 1 N–H and O–H groups in total. The molecule has 0 aromatic heterocycles. The Morgan fingerprint density at radius 1 is 1.47 bits per heavy atom. The molecule has 0 heterocycles. The second-order valence-corrected chi connectivity index (χ2v) is 3.63. The van der Waals surface area contributed by atoms with Crippen LogP contribution in [0.4, 0.5) is 4.79 Å². The molecule has 0 spiro atoms. The second kappa shape index (κ2) is 5.41. The molecule has 80 valence electrons. The number of carboxylic acid groups (broad SMARTS) is 1. The number of thioether (sulfide) groups is 1. The van der Waals surface area contributed by atoms with E-state index in [0.29, 0.717) is 11.5 Å². The molecule has 1 aromatic carbocycles. The van der Waals surface area contributed by atoms with Crippen LogP contribution in [0.25, 0.3) is 0 Å². The molecule has 0 unspecified atom stereocenters. The smallest absolute Gasteiger partial charge is 0.372 e. The largest absolute Gasteiger partial charge is 0.478 e. The average molecular weight is 226 g/mol. The first-order chi connectivity index (χ1) is 7.13. The monoisotopic (exact) mass is 226 g/mol. The first-order valence-electron chi connectivity index (χ1n) is 4.31. The molecule has 0 aliphatic rings. The lowest BCUT2D eigenvalue weighted by molar-refractivity contribution is 0.0696. The molecule has 0 aliphatic carbocycles. The molecule has 0 fully saturated rings. The van der Waals surface area contributed by atoms with Crippen LogP contribution in [-0.4, -0.2) is 23.0 Å². The summed E-state index contributed by atoms with van der Waals surface area (Å²) in [5, 5.41) is 8.29. The zero-order chi connectivity index (χ0) is 11.3. The van der Waals surface area contributed by atoms with Gasteiger partial charge in [-0.1, -0.05) is 6.07 Å². The number of rotatable bonds is 3. The molecule has 0 amide bonds. The van der Waals surface area contributed by atoms with Crippen molar-refractivity contribution < 1.29 is 19.4 Å². The van der Waals surface area contributed by atoms with Crippen molar-refractivity contribution in [2.45, 2.75) is 11.8 Å². The van der Waals surface area contributed by atoms with Gasteiger partial charge in [-0.2, -0.15) is 0 Å². The van der Waals surface area contributed by atoms with E-state index in [1.165, 1.54) is 12.1 Å². The van der Waals surface area contributed by atoms with Crippen molar-refractivity contribution in [2.24, 2.45) is 0 Å². The maximum atomic E-state index is 11.1. The van der Waals surface area contributed by atoms with E-state index in [9.17, 15) is 9.59 Å². The highest BCUT2D eigenvalue weighted by Gasteiger charge is 2.08. The minimum absolute atomic E-state index is 0.157. The van der Waals surface area contributed by atoms with Crippen LogP contribution in [0.5, 0.6) is 0 Å². The molecule has 0 saturated carbocycles. The molecule has 1 aromatic rings. The van der Waals surface area contributed by atoms with Gasteiger partial charge in [-0.05, 0) is 36.9 Å². The Hall–Kier alpha value is -1.49. The highest BCUT2D eigenvalue weighted by molar-refractivity contribution is 8.13. The van der Waals surface area contributed by atoms with E-state index >= 15 is 0 Å². The molecule has 4 nitrogen and oxygen atoms in total. The predicted molar refractivity (Wildman–Crippen MR) is 56.3 cm³/mol. The summed E-state index contributed by atoms with van der Waals surface area (Å²) >= 11 is 0.875. The first-order valence-corrected chi connectivity index (χ1v) is 5.13. The van der Waals surface area contributed by atoms with Gasteiger partial charge >= 0.3 is 11.3 Å². The number of carbonyl (C=O) groups is 2. The van der Waals surface area contributed by atoms with Crippen LogP contribution in [0.15, 0.2) is 29.2 Å². The summed E-state index contributed by atoms with van der Waals surface area (Å²) in [5.74, 6) is -1.01. The second-order valence-electron chi connectivity index (χ2n) is 2.62. The van der Waals surface area contributed by atoms with Gasteiger partial charge in [-0.3, -0.25) is 0 Å². The average Bonchev–Trinajstić information content (AvgIpc) is 2.18. The van der Waals surface area contributed by atoms with E-state index in [1.807, 2.05) is 0 Å². The van der Waals surface area contributed by atoms with E-state index in [1.54, 1.807) is 19.1 Å². The van der Waals surface area contributed by atoms with Crippen LogP contribution < -0.4 is 0 Å². The van der Waals surface area contributed by atoms with E-state index in [-0.39, 0.29) is 5.56 Å². The van der Waals surface area contributed by atoms with Crippen molar-refractivity contribution in [3.63, 3.8) is 0 Å². The predicted octanol–water partition coefficient (Wildman–Crippen LogP) is 2.63. The highest BCUT2D eigenvalue weighted by atomic mass is 32.2. The van der Waals surface area contributed by atoms with Crippen LogP contribution in [0.1, 0.15) is 17.3 Å². The summed E-state index contributed by atoms with van der Waals surface area (Å²) in [6.07, 6.45) is 0. The minimum atomic E-state index is -1.01. The lowest BCUT2D eigenvalue weighted by Crippen LogP contribution is -1.98. The van der Waals surface area contributed by atoms with Gasteiger partial charge in [0, 0.05) is 4.90 Å². The summed E-state index contributed by atoms with van der Waals surface area (Å²) in [6.45, 7) is 2.02. The first kappa shape index (κ1) is 11.6. The Kier molecular flexibility index (Phi) is 4.17. The SMILES string of the molecule is CCOC(=O)Sc1cccc(C(=O)O)c1. The fourth-order valence-corrected chi connectivity index (χ4v) is 1.64. The van der Waals surface area contributed by atoms with Gasteiger partial charge in [0.15, 0.2) is 0 Å². The van der Waals surface area contributed by atoms with E-state index in [2.05, 4.69) is 0 Å². The van der Waals surface area contributed by atoms with Crippen LogP contribution in [-0.2, 0) is 4.74 Å². The summed E-state index contributed by atoms with van der Waals surface area (Å²) in [4.78, 5) is 22.3. The summed E-state index contributed by atoms with van der Waals surface area (Å²) < 4.78 is 4.72. The number of carboxylic acids is 1. The van der Waals surface area contributed by atoms with E-state index in [0.717, 1.165) is 11.8 Å². The molecule has 0 radical (unpaired) electrons. The van der Waals surface area contributed by atoms with Crippen molar-refractivity contribution in [3.05, 3.63) is 29.8 Å². The maximum Gasteiger partial charge on any atom is 0.372 e. The van der Waals surface area contributed by atoms with Crippen LogP contribution in [0.3, 0.4) is 0 Å². The molecule has 0 bridgehead atoms. The lowest BCUT2D eigenvalue weighted by atomic mass is 10.2. The van der Waals surface area contributed by atoms with Crippen LogP contribution in [0.2, 0.25) is 0 Å². The third-order valence-electron chi connectivity index (χ3n) is 1.54. The van der Waals surface area contributed by atoms with Gasteiger partial charge in [0.2, 0.25) is 0 Å². The third-order valence-corrected chi connectivity index (χ3v) is 2.32. The highest BCUT2D eigenvalue weighted by Crippen LogP contribution is 2.21. The summed E-state index contributed by atoms with van der Waals surface area (Å²) in [5.41, 5.74) is 0.157. The number of hydrogen-bond acceptors (Lipinski definition) is 4. The van der Waals surface area contributed by atoms with Gasteiger partial charge in [0.25, 0.3) is 0 Å². The van der Waals surface area contributed by atoms with Crippen LogP contribution in [0, 0.1) is 0 Å². The fourth-order valence-electron chi connectivity index (χ4n) is 0.936. The third kappa shape index (κ3) is 3.63. The molecule has 0 aliphatic heterocycles. The Morgan fingerprint density at radius 3 is 2.80 bits per heavy atom. The van der Waals surface area contributed by atoms with Gasteiger partial charge in [-0.25, -0.2) is 9.59 Å². The normalized spacial score (nSPS) is 9.67. The van der Waals surface area contributed by atoms with Crippen molar-refractivity contribution in [2.75, 3.05) is 6.61 Å². The van der Waals surface area contributed by atoms with Gasteiger partial charge in [0.05, 0.1) is 12.2 Å². The number of benzene rings is 1. The van der Waals surface area contributed by atoms with E-state index in [4.69, 9.17) is 9.84 Å². The molecule has 5 heteroatoms. The maximum absolute atomic E-state index is 11.1. The Morgan fingerprint density at radius 2 is 2.20 bits per heavy atom. The molecule has 0 atom stereocenters. The number of carbonyl (C=O) groups excluding carboxylic acids is 1. The van der Waals surface area contributed by atoms with Crippen molar-refractivity contribution in [3.8, 4) is 0 Å². The number of hydrogen-bond donors (Lipinski definition) is 1. The number of aromatic carboxylic acids is 1. The molecule has 15 heavy (non-hydrogen) atoms. The Balaban J connectivity index is 2.73. The van der Waals surface area contributed by atoms with E-state index < -0.39 is 11.3 Å². The van der Waals surface area contributed by atoms with Crippen LogP contribution >= 0.6 is 11.8 Å². The Bertz CT molecular complexity index is 375. The van der Waals surface area contributed by atoms with Gasteiger partial charge in [0.1, 0.15) is 0 Å². The van der Waals surface area contributed by atoms with Crippen molar-refractivity contribution in [1.82, 2.24) is 0 Å². The molecule has 0 saturated heterocycles. The van der Waals surface area contributed by atoms with Crippen molar-refractivity contribution >= 4 is 23.0 Å². The standard InChI is InChI=1S/C10H10O4S/c1-2-14-10(13)15-8-5-3-4-7(6-8)9(11)12/h3-6H,2H2,1H3,(H,11,12).